The summed E-state index contributed by atoms with van der Waals surface area (Å²) >= 11 is 0. The van der Waals surface area contributed by atoms with Crippen LogP contribution in [0.3, 0.4) is 0 Å². The van der Waals surface area contributed by atoms with Crippen LogP contribution in [-0.2, 0) is 16.0 Å². The van der Waals surface area contributed by atoms with Crippen molar-refractivity contribution in [3.63, 3.8) is 0 Å². The number of likely N-dealkylation sites (N-methyl/N-ethyl adjacent to an activating group) is 1. The maximum Gasteiger partial charge on any atom is 0.408 e. The van der Waals surface area contributed by atoms with E-state index in [1.54, 1.807) is 39.2 Å². The highest BCUT2D eigenvalue weighted by atomic mass is 16.6. The van der Waals surface area contributed by atoms with Crippen LogP contribution in [0.25, 0.3) is 0 Å². The molecule has 0 bridgehead atoms. The van der Waals surface area contributed by atoms with Gasteiger partial charge in [-0.05, 0) is 56.2 Å². The largest absolute Gasteiger partial charge is 0.474 e. The zero-order valence-electron chi connectivity index (χ0n) is 20.2. The number of nitrogens with one attached hydrogen (secondary N) is 3. The maximum atomic E-state index is 12.6. The standard InChI is InChI=1S/C25H25N7O4/c1-12-11-26-23(27-14-6-5-13-9-17-19(15(13)10-14)30-24(34)35-17)31-20(12)28-18-8-7-16-21(29-18)32(4)22(33)25(2,3)36-16/h5-8,10-11,17,19H,9H2,1-4H3,(H,30,34)(H2,26,27,28,29,31)/t17?,19-/m1/s1. The lowest BCUT2D eigenvalue weighted by molar-refractivity contribution is -0.132. The molecular weight excluding hydrogens is 462 g/mol. The zero-order valence-corrected chi connectivity index (χ0v) is 20.2. The molecule has 36 heavy (non-hydrogen) atoms. The second-order valence-corrected chi connectivity index (χ2v) is 9.65. The van der Waals surface area contributed by atoms with E-state index >= 15 is 0 Å². The molecule has 4 heterocycles. The Hall–Kier alpha value is -4.41. The summed E-state index contributed by atoms with van der Waals surface area (Å²) in [5.74, 6) is 2.30. The molecule has 2 amide bonds. The lowest BCUT2D eigenvalue weighted by atomic mass is 10.1. The van der Waals surface area contributed by atoms with Crippen molar-refractivity contribution in [2.75, 3.05) is 22.6 Å². The number of carbonyl (C=O) groups excluding carboxylic acids is 2. The molecule has 2 atom stereocenters. The Bertz CT molecular complexity index is 1420. The first kappa shape index (κ1) is 22.1. The normalized spacial score (nSPS) is 21.1. The zero-order chi connectivity index (χ0) is 25.2. The Kier molecular flexibility index (Phi) is 4.79. The number of fused-ring (bicyclic) bond motifs is 4. The Morgan fingerprint density at radius 1 is 1.14 bits per heavy atom. The second-order valence-electron chi connectivity index (χ2n) is 9.65. The number of hydrogen-bond acceptors (Lipinski definition) is 9. The Balaban J connectivity index is 1.23. The third-order valence-corrected chi connectivity index (χ3v) is 6.62. The van der Waals surface area contributed by atoms with Crippen molar-refractivity contribution < 1.29 is 19.1 Å². The fourth-order valence-electron chi connectivity index (χ4n) is 4.78. The number of aryl methyl sites for hydroxylation is 1. The summed E-state index contributed by atoms with van der Waals surface area (Å²) in [7, 11) is 1.68. The molecule has 1 fully saturated rings. The van der Waals surface area contributed by atoms with Crippen molar-refractivity contribution in [3.8, 4) is 5.75 Å². The van der Waals surface area contributed by atoms with Gasteiger partial charge in [0.05, 0.1) is 6.04 Å². The van der Waals surface area contributed by atoms with E-state index in [-0.39, 0.29) is 24.1 Å². The van der Waals surface area contributed by atoms with Gasteiger partial charge in [-0.25, -0.2) is 14.8 Å². The number of hydrogen-bond donors (Lipinski definition) is 3. The van der Waals surface area contributed by atoms with Gasteiger partial charge in [-0.2, -0.15) is 4.98 Å². The number of nitrogens with zero attached hydrogens (tertiary/aromatic N) is 4. The molecule has 0 saturated carbocycles. The Morgan fingerprint density at radius 3 is 2.81 bits per heavy atom. The van der Waals surface area contributed by atoms with Crippen molar-refractivity contribution >= 4 is 41.1 Å². The molecule has 1 aromatic carbocycles. The fraction of sp³-hybridized carbons (Fsp3) is 0.320. The molecule has 2 aromatic heterocycles. The van der Waals surface area contributed by atoms with Gasteiger partial charge in [-0.1, -0.05) is 6.07 Å². The summed E-state index contributed by atoms with van der Waals surface area (Å²) in [5, 5.41) is 9.33. The lowest BCUT2D eigenvalue weighted by Crippen LogP contribution is -2.51. The highest BCUT2D eigenvalue weighted by Crippen LogP contribution is 2.39. The average molecular weight is 488 g/mol. The van der Waals surface area contributed by atoms with Gasteiger partial charge in [0.25, 0.3) is 5.91 Å². The van der Waals surface area contributed by atoms with E-state index in [0.29, 0.717) is 35.6 Å². The van der Waals surface area contributed by atoms with Crippen LogP contribution in [0.5, 0.6) is 5.75 Å². The first-order chi connectivity index (χ1) is 17.2. The molecule has 3 N–H and O–H groups in total. The minimum Gasteiger partial charge on any atom is -0.474 e. The van der Waals surface area contributed by atoms with E-state index in [9.17, 15) is 9.59 Å². The first-order valence-corrected chi connectivity index (χ1v) is 11.6. The van der Waals surface area contributed by atoms with Crippen molar-refractivity contribution in [2.45, 2.75) is 44.9 Å². The summed E-state index contributed by atoms with van der Waals surface area (Å²) in [6.07, 6.45) is 1.87. The molecular formula is C25H25N7O4. The van der Waals surface area contributed by atoms with E-state index in [0.717, 1.165) is 22.4 Å². The van der Waals surface area contributed by atoms with Crippen LogP contribution in [0.15, 0.2) is 36.5 Å². The number of benzene rings is 1. The average Bonchev–Trinajstić information content (AvgIpc) is 3.36. The van der Waals surface area contributed by atoms with Gasteiger partial charge >= 0.3 is 6.09 Å². The molecule has 3 aliphatic rings. The van der Waals surface area contributed by atoms with Crippen LogP contribution in [-0.4, -0.2) is 45.7 Å². The summed E-state index contributed by atoms with van der Waals surface area (Å²) in [4.78, 5) is 39.3. The molecule has 184 valence electrons. The Morgan fingerprint density at radius 2 is 1.97 bits per heavy atom. The van der Waals surface area contributed by atoms with Gasteiger partial charge in [0.1, 0.15) is 17.7 Å². The van der Waals surface area contributed by atoms with Crippen molar-refractivity contribution in [3.05, 3.63) is 53.2 Å². The van der Waals surface area contributed by atoms with E-state index in [4.69, 9.17) is 9.47 Å². The first-order valence-electron chi connectivity index (χ1n) is 11.6. The van der Waals surface area contributed by atoms with Crippen LogP contribution < -0.4 is 25.6 Å². The predicted molar refractivity (Wildman–Crippen MR) is 132 cm³/mol. The van der Waals surface area contributed by atoms with E-state index in [2.05, 4.69) is 30.9 Å². The minimum absolute atomic E-state index is 0.139. The van der Waals surface area contributed by atoms with E-state index < -0.39 is 5.60 Å². The van der Waals surface area contributed by atoms with Gasteiger partial charge in [-0.3, -0.25) is 9.69 Å². The fourth-order valence-corrected chi connectivity index (χ4v) is 4.78. The molecule has 11 heteroatoms. The molecule has 0 radical (unpaired) electrons. The molecule has 6 rings (SSSR count). The molecule has 1 unspecified atom stereocenters. The van der Waals surface area contributed by atoms with Crippen LogP contribution in [0.2, 0.25) is 0 Å². The minimum atomic E-state index is -0.947. The number of pyridine rings is 1. The predicted octanol–water partition coefficient (Wildman–Crippen LogP) is 3.51. The number of anilines is 5. The molecule has 3 aromatic rings. The highest BCUT2D eigenvalue weighted by molar-refractivity contribution is 6.01. The highest BCUT2D eigenvalue weighted by Gasteiger charge is 2.42. The third kappa shape index (κ3) is 3.63. The van der Waals surface area contributed by atoms with Gasteiger partial charge in [-0.15, -0.1) is 0 Å². The molecule has 11 nitrogen and oxygen atoms in total. The topological polar surface area (TPSA) is 131 Å². The molecule has 0 spiro atoms. The number of amides is 2. The lowest BCUT2D eigenvalue weighted by Gasteiger charge is -2.36. The smallest absolute Gasteiger partial charge is 0.408 e. The maximum absolute atomic E-state index is 12.6. The van der Waals surface area contributed by atoms with Crippen molar-refractivity contribution in [1.29, 1.82) is 0 Å². The van der Waals surface area contributed by atoms with E-state index in [1.165, 1.54) is 4.90 Å². The van der Waals surface area contributed by atoms with Gasteiger partial charge in [0, 0.05) is 30.9 Å². The Labute approximate surface area is 207 Å². The number of carbonyl (C=O) groups is 2. The third-order valence-electron chi connectivity index (χ3n) is 6.62. The van der Waals surface area contributed by atoms with Gasteiger partial charge in [0.2, 0.25) is 5.95 Å². The van der Waals surface area contributed by atoms with Gasteiger partial charge < -0.3 is 25.4 Å². The van der Waals surface area contributed by atoms with Crippen LogP contribution in [0.4, 0.5) is 33.9 Å². The molecule has 2 aliphatic heterocycles. The van der Waals surface area contributed by atoms with Crippen LogP contribution >= 0.6 is 0 Å². The van der Waals surface area contributed by atoms with Crippen LogP contribution in [0, 0.1) is 6.92 Å². The number of ether oxygens (including phenoxy) is 2. The van der Waals surface area contributed by atoms with Crippen molar-refractivity contribution in [2.24, 2.45) is 0 Å². The SMILES string of the molecule is Cc1cnc(Nc2ccc3c(c2)[C@H]2NC(=O)OC2C3)nc1Nc1ccc2c(n1)N(C)C(=O)C(C)(C)O2. The monoisotopic (exact) mass is 487 g/mol. The molecule has 1 aliphatic carbocycles. The van der Waals surface area contributed by atoms with Gasteiger partial charge in [0.15, 0.2) is 17.2 Å². The second kappa shape index (κ2) is 7.80. The summed E-state index contributed by atoms with van der Waals surface area (Å²) in [6.45, 7) is 5.36. The van der Waals surface area contributed by atoms with Crippen LogP contribution in [0.1, 0.15) is 36.6 Å². The van der Waals surface area contributed by atoms with Crippen molar-refractivity contribution in [1.82, 2.24) is 20.3 Å². The summed E-state index contributed by atoms with van der Waals surface area (Å²) in [6, 6.07) is 9.40. The number of rotatable bonds is 4. The quantitative estimate of drug-likeness (QED) is 0.506. The van der Waals surface area contributed by atoms with E-state index in [1.807, 2.05) is 25.1 Å². The molecule has 1 saturated heterocycles. The summed E-state index contributed by atoms with van der Waals surface area (Å²) < 4.78 is 11.2. The summed E-state index contributed by atoms with van der Waals surface area (Å²) in [5.41, 5.74) is 2.86. The number of aromatic nitrogens is 3. The number of alkyl carbamates (subject to hydrolysis) is 1.